The van der Waals surface area contributed by atoms with E-state index in [2.05, 4.69) is 63.1 Å². The average molecular weight is 465 g/mol. The molecule has 0 aliphatic carbocycles. The van der Waals surface area contributed by atoms with Crippen LogP contribution >= 0.6 is 36.3 Å². The quantitative estimate of drug-likeness (QED) is 0.628. The summed E-state index contributed by atoms with van der Waals surface area (Å²) in [7, 11) is 0. The number of carbonyl (C=O) groups is 1. The zero-order valence-corrected chi connectivity index (χ0v) is 19.0. The molecular weight excluding hydrogens is 439 g/mol. The predicted octanol–water partition coefficient (Wildman–Crippen LogP) is 4.28. The van der Waals surface area contributed by atoms with Gasteiger partial charge in [-0.05, 0) is 42.1 Å². The van der Waals surface area contributed by atoms with Gasteiger partial charge < -0.3 is 9.80 Å². The summed E-state index contributed by atoms with van der Waals surface area (Å²) in [5, 5.41) is 4.77. The molecule has 8 heteroatoms. The molecule has 1 N–H and O–H groups in total. The summed E-state index contributed by atoms with van der Waals surface area (Å²) >= 11 is 1.55. The number of aromatic nitrogens is 1. The largest absolute Gasteiger partial charge is 0.352 e. The summed E-state index contributed by atoms with van der Waals surface area (Å²) in [6, 6.07) is 19.0. The molecule has 0 spiro atoms. The third kappa shape index (κ3) is 4.42. The van der Waals surface area contributed by atoms with Crippen LogP contribution in [-0.2, 0) is 4.79 Å². The van der Waals surface area contributed by atoms with Crippen molar-refractivity contribution < 1.29 is 4.79 Å². The highest BCUT2D eigenvalue weighted by Crippen LogP contribution is 2.31. The maximum Gasteiger partial charge on any atom is 0.239 e. The highest BCUT2D eigenvalue weighted by molar-refractivity contribution is 7.13. The number of nitrogens with zero attached hydrogens (tertiary/aromatic N) is 3. The van der Waals surface area contributed by atoms with E-state index in [0.29, 0.717) is 0 Å². The van der Waals surface area contributed by atoms with Crippen molar-refractivity contribution in [3.8, 4) is 0 Å². The van der Waals surface area contributed by atoms with Crippen molar-refractivity contribution >= 4 is 58.2 Å². The molecule has 2 saturated heterocycles. The molecule has 2 aliphatic heterocycles. The fourth-order valence-electron chi connectivity index (χ4n) is 4.35. The number of piperazine rings is 1. The molecule has 5 rings (SSSR count). The number of hydrogen-bond acceptors (Lipinski definition) is 5. The monoisotopic (exact) mass is 464 g/mol. The fourth-order valence-corrected chi connectivity index (χ4v) is 5.14. The van der Waals surface area contributed by atoms with Gasteiger partial charge in [-0.1, -0.05) is 42.5 Å². The first-order valence-electron chi connectivity index (χ1n) is 9.99. The van der Waals surface area contributed by atoms with Gasteiger partial charge >= 0.3 is 0 Å². The van der Waals surface area contributed by atoms with Gasteiger partial charge in [-0.3, -0.25) is 10.1 Å². The Bertz CT molecular complexity index is 975. The van der Waals surface area contributed by atoms with Crippen LogP contribution in [0.4, 0.5) is 5.82 Å². The highest BCUT2D eigenvalue weighted by Gasteiger charge is 2.34. The maximum atomic E-state index is 13.0. The molecule has 0 saturated carbocycles. The molecule has 30 heavy (non-hydrogen) atoms. The molecule has 1 amide bonds. The van der Waals surface area contributed by atoms with Crippen LogP contribution in [0.1, 0.15) is 24.4 Å². The number of fused-ring (bicyclic) bond motifs is 1. The minimum atomic E-state index is -0.0585. The topological polar surface area (TPSA) is 48.5 Å². The molecule has 5 nitrogen and oxygen atoms in total. The molecule has 2 atom stereocenters. The molecule has 2 aliphatic rings. The molecule has 0 bridgehead atoms. The first-order valence-corrected chi connectivity index (χ1v) is 10.8. The Morgan fingerprint density at radius 3 is 2.40 bits per heavy atom. The minimum Gasteiger partial charge on any atom is -0.352 e. The summed E-state index contributed by atoms with van der Waals surface area (Å²) in [4.78, 5) is 17.4. The minimum absolute atomic E-state index is 0. The van der Waals surface area contributed by atoms with Gasteiger partial charge in [0, 0.05) is 37.6 Å². The van der Waals surface area contributed by atoms with E-state index in [1.54, 1.807) is 11.5 Å². The number of nitrogens with one attached hydrogen (secondary N) is 1. The Hall–Kier alpha value is -1.86. The van der Waals surface area contributed by atoms with Gasteiger partial charge in [0.15, 0.2) is 0 Å². The molecular formula is C22H26Cl2N4OS. The number of anilines is 1. The standard InChI is InChI=1S/C22H24N4OS.2ClH/c27-22(19-11-10-18(23-19)16-6-2-1-3-7-16)26-14-12-25(13-15-26)21-17-8-4-5-9-20(17)28-24-21;;/h1-9,18-19,23H,10-15H2;2*1H/t18-,19-;;/m1../s1. The van der Waals surface area contributed by atoms with E-state index in [-0.39, 0.29) is 42.8 Å². The fraction of sp³-hybridized carbons (Fsp3) is 0.364. The second kappa shape index (κ2) is 9.96. The molecule has 3 heterocycles. The van der Waals surface area contributed by atoms with E-state index in [1.807, 2.05) is 11.0 Å². The van der Waals surface area contributed by atoms with Crippen molar-refractivity contribution in [2.24, 2.45) is 0 Å². The summed E-state index contributed by atoms with van der Waals surface area (Å²) in [6.07, 6.45) is 1.93. The summed E-state index contributed by atoms with van der Waals surface area (Å²) < 4.78 is 5.88. The first kappa shape index (κ1) is 22.8. The highest BCUT2D eigenvalue weighted by atomic mass is 35.5. The van der Waals surface area contributed by atoms with E-state index in [0.717, 1.165) is 44.8 Å². The van der Waals surface area contributed by atoms with Crippen molar-refractivity contribution in [2.45, 2.75) is 24.9 Å². The van der Waals surface area contributed by atoms with Crippen LogP contribution < -0.4 is 10.2 Å². The van der Waals surface area contributed by atoms with Gasteiger partial charge in [-0.2, -0.15) is 4.37 Å². The lowest BCUT2D eigenvalue weighted by Crippen LogP contribution is -2.53. The lowest BCUT2D eigenvalue weighted by atomic mass is 10.1. The van der Waals surface area contributed by atoms with Gasteiger partial charge in [0.25, 0.3) is 0 Å². The van der Waals surface area contributed by atoms with Crippen molar-refractivity contribution in [1.82, 2.24) is 14.6 Å². The van der Waals surface area contributed by atoms with Gasteiger partial charge in [0.05, 0.1) is 10.7 Å². The van der Waals surface area contributed by atoms with Crippen LogP contribution in [0.3, 0.4) is 0 Å². The summed E-state index contributed by atoms with van der Waals surface area (Å²) in [5.41, 5.74) is 1.28. The van der Waals surface area contributed by atoms with Crippen LogP contribution in [0.5, 0.6) is 0 Å². The molecule has 0 unspecified atom stereocenters. The zero-order chi connectivity index (χ0) is 18.9. The molecule has 160 valence electrons. The van der Waals surface area contributed by atoms with Crippen molar-refractivity contribution in [2.75, 3.05) is 31.1 Å². The Labute approximate surface area is 193 Å². The third-order valence-corrected chi connectivity index (χ3v) is 6.71. The van der Waals surface area contributed by atoms with E-state index in [9.17, 15) is 4.79 Å². The predicted molar refractivity (Wildman–Crippen MR) is 128 cm³/mol. The van der Waals surface area contributed by atoms with Gasteiger partial charge in [0.2, 0.25) is 5.91 Å². The van der Waals surface area contributed by atoms with E-state index in [4.69, 9.17) is 0 Å². The normalized spacial score (nSPS) is 21.2. The summed E-state index contributed by atoms with van der Waals surface area (Å²) in [5.74, 6) is 1.32. The van der Waals surface area contributed by atoms with Gasteiger partial charge in [-0.25, -0.2) is 0 Å². The molecule has 1 aromatic heterocycles. The SMILES string of the molecule is Cl.Cl.O=C([C@H]1CC[C@H](c2ccccc2)N1)N1CCN(c2nsc3ccccc23)CC1. The molecule has 0 radical (unpaired) electrons. The van der Waals surface area contributed by atoms with E-state index in [1.165, 1.54) is 15.6 Å². The number of halogens is 2. The van der Waals surface area contributed by atoms with E-state index < -0.39 is 0 Å². The Morgan fingerprint density at radius 2 is 1.63 bits per heavy atom. The summed E-state index contributed by atoms with van der Waals surface area (Å²) in [6.45, 7) is 3.21. The Morgan fingerprint density at radius 1 is 0.933 bits per heavy atom. The average Bonchev–Trinajstić information content (AvgIpc) is 3.42. The lowest BCUT2D eigenvalue weighted by Gasteiger charge is -2.36. The van der Waals surface area contributed by atoms with E-state index >= 15 is 0 Å². The van der Waals surface area contributed by atoms with Crippen LogP contribution in [0, 0.1) is 0 Å². The number of amides is 1. The number of rotatable bonds is 3. The lowest BCUT2D eigenvalue weighted by molar-refractivity contribution is -0.133. The zero-order valence-electron chi connectivity index (χ0n) is 16.6. The second-order valence-electron chi connectivity index (χ2n) is 7.57. The Kier molecular flexibility index (Phi) is 7.58. The number of carbonyl (C=O) groups excluding carboxylic acids is 1. The first-order chi connectivity index (χ1) is 13.8. The van der Waals surface area contributed by atoms with Crippen molar-refractivity contribution in [3.05, 3.63) is 60.2 Å². The van der Waals surface area contributed by atoms with Gasteiger partial charge in [0.1, 0.15) is 5.82 Å². The van der Waals surface area contributed by atoms with Crippen LogP contribution in [0.15, 0.2) is 54.6 Å². The van der Waals surface area contributed by atoms with Crippen LogP contribution in [0.25, 0.3) is 10.1 Å². The molecule has 3 aromatic rings. The maximum absolute atomic E-state index is 13.0. The van der Waals surface area contributed by atoms with Crippen molar-refractivity contribution in [1.29, 1.82) is 0 Å². The van der Waals surface area contributed by atoms with Crippen molar-refractivity contribution in [3.63, 3.8) is 0 Å². The molecule has 2 aromatic carbocycles. The van der Waals surface area contributed by atoms with Crippen LogP contribution in [0.2, 0.25) is 0 Å². The third-order valence-electron chi connectivity index (χ3n) is 5.90. The second-order valence-corrected chi connectivity index (χ2v) is 8.38. The number of hydrogen-bond donors (Lipinski definition) is 1. The Balaban J connectivity index is 0.00000128. The number of benzene rings is 2. The smallest absolute Gasteiger partial charge is 0.239 e. The van der Waals surface area contributed by atoms with Crippen LogP contribution in [-0.4, -0.2) is 47.4 Å². The molecule has 2 fully saturated rings. The van der Waals surface area contributed by atoms with Gasteiger partial charge in [-0.15, -0.1) is 24.8 Å².